The van der Waals surface area contributed by atoms with Crippen molar-refractivity contribution in [3.63, 3.8) is 0 Å². The van der Waals surface area contributed by atoms with E-state index in [1.807, 2.05) is 44.2 Å². The van der Waals surface area contributed by atoms with Gasteiger partial charge in [0.2, 0.25) is 6.10 Å². The number of benzene rings is 2. The predicted molar refractivity (Wildman–Crippen MR) is 89.2 cm³/mol. The summed E-state index contributed by atoms with van der Waals surface area (Å²) in [6.45, 7) is 3.82. The zero-order chi connectivity index (χ0) is 17.0. The quantitative estimate of drug-likeness (QED) is 0.814. The molecule has 0 fully saturated rings. The number of hydrogen-bond donors (Lipinski definition) is 0. The van der Waals surface area contributed by atoms with Crippen LogP contribution in [0, 0.1) is 13.8 Å². The maximum atomic E-state index is 12.5. The monoisotopic (exact) mass is 311 g/mol. The minimum Gasteiger partial charge on any atom is -0.444 e. The van der Waals surface area contributed by atoms with Crippen LogP contribution in [0.5, 0.6) is 0 Å². The first kappa shape index (κ1) is 16.7. The third-order valence-electron chi connectivity index (χ3n) is 3.59. The number of nitrogens with zero attached hydrogens (tertiary/aromatic N) is 1. The van der Waals surface area contributed by atoms with Gasteiger partial charge in [-0.25, -0.2) is 4.79 Å². The number of aryl methyl sites for hydroxylation is 2. The highest BCUT2D eigenvalue weighted by molar-refractivity contribution is 5.93. The van der Waals surface area contributed by atoms with Crippen molar-refractivity contribution in [3.05, 3.63) is 70.8 Å². The summed E-state index contributed by atoms with van der Waals surface area (Å²) in [5, 5.41) is 0. The summed E-state index contributed by atoms with van der Waals surface area (Å²) >= 11 is 0. The van der Waals surface area contributed by atoms with Gasteiger partial charge in [0.05, 0.1) is 5.56 Å². The minimum atomic E-state index is -0.945. The van der Waals surface area contributed by atoms with Gasteiger partial charge in [0.25, 0.3) is 5.91 Å². The molecule has 0 heterocycles. The summed E-state index contributed by atoms with van der Waals surface area (Å²) in [6, 6.07) is 14.5. The third-order valence-corrected chi connectivity index (χ3v) is 3.59. The van der Waals surface area contributed by atoms with Crippen molar-refractivity contribution >= 4 is 11.9 Å². The molecule has 0 bridgehead atoms. The molecule has 0 radical (unpaired) electrons. The van der Waals surface area contributed by atoms with E-state index in [2.05, 4.69) is 0 Å². The molecule has 0 spiro atoms. The molecule has 0 saturated heterocycles. The molecule has 0 aliphatic carbocycles. The van der Waals surface area contributed by atoms with Crippen molar-refractivity contribution in [1.29, 1.82) is 0 Å². The minimum absolute atomic E-state index is 0.269. The Kier molecular flexibility index (Phi) is 5.16. The Morgan fingerprint density at radius 1 is 1.00 bits per heavy atom. The van der Waals surface area contributed by atoms with Crippen LogP contribution in [0.3, 0.4) is 0 Å². The van der Waals surface area contributed by atoms with Crippen LogP contribution < -0.4 is 0 Å². The summed E-state index contributed by atoms with van der Waals surface area (Å²) in [5.74, 6) is -0.763. The number of hydrogen-bond acceptors (Lipinski definition) is 3. The van der Waals surface area contributed by atoms with E-state index in [0.29, 0.717) is 11.1 Å². The number of ether oxygens (including phenoxy) is 1. The molecule has 1 unspecified atom stereocenters. The van der Waals surface area contributed by atoms with E-state index in [4.69, 9.17) is 4.74 Å². The Morgan fingerprint density at radius 2 is 1.65 bits per heavy atom. The summed E-state index contributed by atoms with van der Waals surface area (Å²) in [4.78, 5) is 26.3. The Balaban J connectivity index is 2.30. The Morgan fingerprint density at radius 3 is 2.22 bits per heavy atom. The van der Waals surface area contributed by atoms with E-state index in [1.54, 1.807) is 32.3 Å². The fourth-order valence-corrected chi connectivity index (χ4v) is 2.34. The van der Waals surface area contributed by atoms with E-state index in [-0.39, 0.29) is 5.91 Å². The van der Waals surface area contributed by atoms with E-state index < -0.39 is 12.1 Å². The molecule has 2 rings (SSSR count). The average molecular weight is 311 g/mol. The van der Waals surface area contributed by atoms with Crippen LogP contribution in [0.15, 0.2) is 48.5 Å². The first-order valence-electron chi connectivity index (χ1n) is 7.44. The summed E-state index contributed by atoms with van der Waals surface area (Å²) in [6.07, 6.45) is -0.945. The highest BCUT2D eigenvalue weighted by Crippen LogP contribution is 2.22. The van der Waals surface area contributed by atoms with Crippen LogP contribution in [-0.2, 0) is 9.53 Å². The first-order chi connectivity index (χ1) is 10.9. The second-order valence-electron chi connectivity index (χ2n) is 5.75. The molecule has 0 aromatic heterocycles. The second kappa shape index (κ2) is 7.09. The second-order valence-corrected chi connectivity index (χ2v) is 5.75. The topological polar surface area (TPSA) is 46.6 Å². The van der Waals surface area contributed by atoms with Crippen molar-refractivity contribution in [3.8, 4) is 0 Å². The van der Waals surface area contributed by atoms with Crippen molar-refractivity contribution < 1.29 is 14.3 Å². The molecule has 0 N–H and O–H groups in total. The summed E-state index contributed by atoms with van der Waals surface area (Å²) in [7, 11) is 3.28. The van der Waals surface area contributed by atoms with Gasteiger partial charge in [-0.1, -0.05) is 48.0 Å². The lowest BCUT2D eigenvalue weighted by Gasteiger charge is -2.21. The molecule has 0 aliphatic rings. The van der Waals surface area contributed by atoms with Crippen molar-refractivity contribution in [2.45, 2.75) is 20.0 Å². The van der Waals surface area contributed by atoms with Gasteiger partial charge in [-0.15, -0.1) is 0 Å². The Hall–Kier alpha value is -2.62. The van der Waals surface area contributed by atoms with Gasteiger partial charge in [-0.3, -0.25) is 4.79 Å². The van der Waals surface area contributed by atoms with Crippen LogP contribution in [0.4, 0.5) is 0 Å². The zero-order valence-corrected chi connectivity index (χ0v) is 13.9. The number of amides is 1. The fourth-order valence-electron chi connectivity index (χ4n) is 2.34. The van der Waals surface area contributed by atoms with Gasteiger partial charge < -0.3 is 9.64 Å². The van der Waals surface area contributed by atoms with Crippen LogP contribution in [0.1, 0.15) is 33.2 Å². The molecule has 1 amide bonds. The van der Waals surface area contributed by atoms with Gasteiger partial charge in [0.15, 0.2) is 0 Å². The van der Waals surface area contributed by atoms with Crippen molar-refractivity contribution in [2.75, 3.05) is 14.1 Å². The molecular formula is C19H21NO3. The first-order valence-corrected chi connectivity index (χ1v) is 7.44. The maximum Gasteiger partial charge on any atom is 0.339 e. The lowest BCUT2D eigenvalue weighted by atomic mass is 10.1. The number of likely N-dealkylation sites (N-methyl/N-ethyl adjacent to an activating group) is 1. The molecule has 1 atom stereocenters. The van der Waals surface area contributed by atoms with E-state index in [1.165, 1.54) is 4.90 Å². The summed E-state index contributed by atoms with van der Waals surface area (Å²) < 4.78 is 5.54. The van der Waals surface area contributed by atoms with E-state index >= 15 is 0 Å². The zero-order valence-electron chi connectivity index (χ0n) is 13.9. The van der Waals surface area contributed by atoms with Crippen LogP contribution >= 0.6 is 0 Å². The number of carbonyl (C=O) groups excluding carboxylic acids is 2. The molecule has 2 aromatic rings. The SMILES string of the molecule is Cc1ccc(C(=O)OC(C(=O)N(C)C)c2ccccc2)c(C)c1. The van der Waals surface area contributed by atoms with Crippen LogP contribution in [-0.4, -0.2) is 30.9 Å². The average Bonchev–Trinajstić information content (AvgIpc) is 2.52. The molecule has 4 heteroatoms. The third kappa shape index (κ3) is 3.97. The smallest absolute Gasteiger partial charge is 0.339 e. The van der Waals surface area contributed by atoms with Crippen LogP contribution in [0.25, 0.3) is 0 Å². The molecule has 4 nitrogen and oxygen atoms in total. The standard InChI is InChI=1S/C19H21NO3/c1-13-10-11-16(14(2)12-13)19(22)23-17(18(21)20(3)4)15-8-6-5-7-9-15/h5-12,17H,1-4H3. The van der Waals surface area contributed by atoms with E-state index in [9.17, 15) is 9.59 Å². The van der Waals surface area contributed by atoms with Gasteiger partial charge >= 0.3 is 5.97 Å². The number of rotatable bonds is 4. The molecule has 23 heavy (non-hydrogen) atoms. The highest BCUT2D eigenvalue weighted by atomic mass is 16.5. The van der Waals surface area contributed by atoms with Gasteiger partial charge in [-0.2, -0.15) is 0 Å². The predicted octanol–water partition coefficient (Wildman–Crippen LogP) is 3.29. The largest absolute Gasteiger partial charge is 0.444 e. The number of esters is 1. The molecule has 120 valence electrons. The Bertz CT molecular complexity index is 708. The molecular weight excluding hydrogens is 290 g/mol. The lowest BCUT2D eigenvalue weighted by Crippen LogP contribution is -2.31. The van der Waals surface area contributed by atoms with E-state index in [0.717, 1.165) is 11.1 Å². The van der Waals surface area contributed by atoms with Gasteiger partial charge in [-0.05, 0) is 25.5 Å². The fraction of sp³-hybridized carbons (Fsp3) is 0.263. The Labute approximate surface area is 136 Å². The molecule has 0 saturated carbocycles. The van der Waals surface area contributed by atoms with Crippen LogP contribution in [0.2, 0.25) is 0 Å². The highest BCUT2D eigenvalue weighted by Gasteiger charge is 2.27. The van der Waals surface area contributed by atoms with Gasteiger partial charge in [0, 0.05) is 19.7 Å². The van der Waals surface area contributed by atoms with Gasteiger partial charge in [0.1, 0.15) is 0 Å². The molecule has 2 aromatic carbocycles. The van der Waals surface area contributed by atoms with Crippen molar-refractivity contribution in [1.82, 2.24) is 4.90 Å². The maximum absolute atomic E-state index is 12.5. The molecule has 0 aliphatic heterocycles. The van der Waals surface area contributed by atoms with Crippen molar-refractivity contribution in [2.24, 2.45) is 0 Å². The lowest BCUT2D eigenvalue weighted by molar-refractivity contribution is -0.138. The number of carbonyl (C=O) groups is 2. The summed E-state index contributed by atoms with van der Waals surface area (Å²) in [5.41, 5.74) is 3.04. The normalized spacial score (nSPS) is 11.7.